The first kappa shape index (κ1) is 19.8. The third-order valence-corrected chi connectivity index (χ3v) is 8.39. The van der Waals surface area contributed by atoms with Gasteiger partial charge in [0.1, 0.15) is 16.2 Å². The summed E-state index contributed by atoms with van der Waals surface area (Å²) in [4.78, 5) is 31.6. The Morgan fingerprint density at radius 2 is 1.97 bits per heavy atom. The average Bonchev–Trinajstić information content (AvgIpc) is 3.57. The molecule has 9 heteroatoms. The number of nitrogens with zero attached hydrogens (tertiary/aromatic N) is 4. The number of benzene rings is 1. The highest BCUT2D eigenvalue weighted by molar-refractivity contribution is 8.00. The normalized spacial score (nSPS) is 13.0. The van der Waals surface area contributed by atoms with Crippen LogP contribution in [0.4, 0.5) is 5.13 Å². The van der Waals surface area contributed by atoms with Crippen LogP contribution >= 0.6 is 34.4 Å². The second-order valence-corrected chi connectivity index (χ2v) is 10.3. The lowest BCUT2D eigenvalue weighted by Crippen LogP contribution is -2.13. The van der Waals surface area contributed by atoms with Crippen molar-refractivity contribution in [1.29, 1.82) is 0 Å². The van der Waals surface area contributed by atoms with Gasteiger partial charge in [0.2, 0.25) is 5.91 Å². The van der Waals surface area contributed by atoms with Crippen molar-refractivity contribution in [2.75, 3.05) is 11.1 Å². The van der Waals surface area contributed by atoms with E-state index in [-0.39, 0.29) is 11.7 Å². The van der Waals surface area contributed by atoms with E-state index >= 15 is 0 Å². The van der Waals surface area contributed by atoms with Crippen LogP contribution < -0.4 is 5.32 Å². The number of hydrogen-bond acceptors (Lipinski definition) is 8. The summed E-state index contributed by atoms with van der Waals surface area (Å²) in [5.74, 6) is 0.170. The van der Waals surface area contributed by atoms with E-state index in [2.05, 4.69) is 44.5 Å². The van der Waals surface area contributed by atoms with Gasteiger partial charge in [0, 0.05) is 22.5 Å². The molecule has 6 nitrogen and oxygen atoms in total. The van der Waals surface area contributed by atoms with E-state index in [9.17, 15) is 4.79 Å². The van der Waals surface area contributed by atoms with Crippen molar-refractivity contribution in [2.24, 2.45) is 0 Å². The monoisotopic (exact) mass is 475 g/mol. The molecule has 0 aliphatic heterocycles. The van der Waals surface area contributed by atoms with Crippen molar-refractivity contribution in [1.82, 2.24) is 19.9 Å². The molecular formula is C23H17N5OS3. The number of pyridine rings is 1. The maximum Gasteiger partial charge on any atom is 0.236 e. The first-order valence-corrected chi connectivity index (χ1v) is 12.9. The zero-order chi connectivity index (χ0) is 21.5. The molecule has 6 rings (SSSR count). The molecule has 158 valence electrons. The third kappa shape index (κ3) is 3.46. The molecule has 0 saturated heterocycles. The standard InChI is InChI=1S/C23H17N5OS3/c29-16(27-23-24-9-10-30-23)11-31-22-20-19(25-12-26-22)17-14-7-4-8-15(14)18(28-21(17)32-20)13-5-2-1-3-6-13/h1-3,5-6,9-10,12H,4,7-8,11H2,(H,24,27,29). The van der Waals surface area contributed by atoms with Crippen LogP contribution in [0.2, 0.25) is 0 Å². The van der Waals surface area contributed by atoms with Crippen molar-refractivity contribution < 1.29 is 4.79 Å². The minimum absolute atomic E-state index is 0.0943. The van der Waals surface area contributed by atoms with Gasteiger partial charge < -0.3 is 5.32 Å². The largest absolute Gasteiger partial charge is 0.301 e. The Morgan fingerprint density at radius 3 is 2.81 bits per heavy atom. The molecule has 0 fully saturated rings. The minimum Gasteiger partial charge on any atom is -0.301 e. The summed E-state index contributed by atoms with van der Waals surface area (Å²) in [5, 5.41) is 7.25. The van der Waals surface area contributed by atoms with E-state index in [1.165, 1.54) is 34.2 Å². The van der Waals surface area contributed by atoms with Gasteiger partial charge >= 0.3 is 0 Å². The van der Waals surface area contributed by atoms with Crippen molar-refractivity contribution >= 4 is 65.9 Å². The lowest BCUT2D eigenvalue weighted by Gasteiger charge is -2.09. The Labute approximate surface area is 196 Å². The first-order chi connectivity index (χ1) is 15.8. The van der Waals surface area contributed by atoms with E-state index in [1.807, 2.05) is 11.4 Å². The van der Waals surface area contributed by atoms with Crippen molar-refractivity contribution in [3.8, 4) is 11.3 Å². The van der Waals surface area contributed by atoms with Crippen LogP contribution in [0.5, 0.6) is 0 Å². The van der Waals surface area contributed by atoms with Crippen LogP contribution in [0.25, 0.3) is 31.7 Å². The number of aromatic nitrogens is 4. The zero-order valence-electron chi connectivity index (χ0n) is 16.9. The number of carbonyl (C=O) groups excluding carboxylic acids is 1. The summed E-state index contributed by atoms with van der Waals surface area (Å²) in [6, 6.07) is 10.4. The van der Waals surface area contributed by atoms with Crippen molar-refractivity contribution in [2.45, 2.75) is 24.3 Å². The van der Waals surface area contributed by atoms with Gasteiger partial charge in [-0.25, -0.2) is 19.9 Å². The molecule has 0 spiro atoms. The van der Waals surface area contributed by atoms with Gasteiger partial charge in [-0.2, -0.15) is 0 Å². The summed E-state index contributed by atoms with van der Waals surface area (Å²) in [6.45, 7) is 0. The Bertz CT molecular complexity index is 1450. The quantitative estimate of drug-likeness (QED) is 0.264. The SMILES string of the molecule is O=C(CSc1ncnc2c1sc1nc(-c3ccccc3)c3c(c12)CCC3)Nc1nccs1. The number of amides is 1. The minimum atomic E-state index is -0.0943. The number of rotatable bonds is 5. The topological polar surface area (TPSA) is 80.7 Å². The van der Waals surface area contributed by atoms with E-state index < -0.39 is 0 Å². The highest BCUT2D eigenvalue weighted by Gasteiger charge is 2.25. The Hall–Kier alpha value is -2.88. The number of nitrogens with one attached hydrogen (secondary N) is 1. The lowest BCUT2D eigenvalue weighted by atomic mass is 10.0. The fourth-order valence-corrected chi connectivity index (χ4v) is 6.77. The van der Waals surface area contributed by atoms with Gasteiger partial charge in [0.15, 0.2) is 5.13 Å². The molecule has 0 unspecified atom stereocenters. The summed E-state index contributed by atoms with van der Waals surface area (Å²) in [5.41, 5.74) is 5.91. The number of thiazole rings is 1. The van der Waals surface area contributed by atoms with Crippen LogP contribution in [0.1, 0.15) is 17.5 Å². The fourth-order valence-electron chi connectivity index (χ4n) is 4.19. The van der Waals surface area contributed by atoms with Crippen molar-refractivity contribution in [3.05, 3.63) is 59.4 Å². The molecule has 32 heavy (non-hydrogen) atoms. The predicted molar refractivity (Wildman–Crippen MR) is 132 cm³/mol. The summed E-state index contributed by atoms with van der Waals surface area (Å²) >= 11 is 4.45. The van der Waals surface area contributed by atoms with E-state index in [0.29, 0.717) is 5.13 Å². The number of thioether (sulfide) groups is 1. The molecule has 1 aliphatic rings. The Kier molecular flexibility index (Phi) is 5.09. The molecule has 0 bridgehead atoms. The van der Waals surface area contributed by atoms with E-state index in [1.54, 1.807) is 23.9 Å². The number of aryl methyl sites for hydroxylation is 1. The van der Waals surface area contributed by atoms with Gasteiger partial charge in [0.25, 0.3) is 0 Å². The Balaban J connectivity index is 1.40. The molecule has 0 radical (unpaired) electrons. The van der Waals surface area contributed by atoms with Crippen LogP contribution in [-0.2, 0) is 17.6 Å². The summed E-state index contributed by atoms with van der Waals surface area (Å²) in [6.07, 6.45) is 6.50. The molecule has 1 N–H and O–H groups in total. The number of thiophene rings is 1. The van der Waals surface area contributed by atoms with E-state index in [4.69, 9.17) is 4.98 Å². The predicted octanol–water partition coefficient (Wildman–Crippen LogP) is 5.58. The molecule has 0 atom stereocenters. The maximum absolute atomic E-state index is 12.3. The molecular weight excluding hydrogens is 458 g/mol. The zero-order valence-corrected chi connectivity index (χ0v) is 19.3. The smallest absolute Gasteiger partial charge is 0.236 e. The van der Waals surface area contributed by atoms with Crippen LogP contribution in [0.15, 0.2) is 53.3 Å². The second-order valence-electron chi connectivity index (χ2n) is 7.45. The fraction of sp³-hybridized carbons (Fsp3) is 0.174. The van der Waals surface area contributed by atoms with Gasteiger partial charge in [-0.3, -0.25) is 4.79 Å². The third-order valence-electron chi connectivity index (χ3n) is 5.51. The summed E-state index contributed by atoms with van der Waals surface area (Å²) in [7, 11) is 0. The lowest BCUT2D eigenvalue weighted by molar-refractivity contribution is -0.113. The van der Waals surface area contributed by atoms with Gasteiger partial charge in [0.05, 0.1) is 21.7 Å². The number of fused-ring (bicyclic) bond motifs is 5. The molecule has 4 heterocycles. The maximum atomic E-state index is 12.3. The highest BCUT2D eigenvalue weighted by atomic mass is 32.2. The number of hydrogen-bond donors (Lipinski definition) is 1. The number of carbonyl (C=O) groups is 1. The van der Waals surface area contributed by atoms with E-state index in [0.717, 1.165) is 56.0 Å². The van der Waals surface area contributed by atoms with Gasteiger partial charge in [-0.15, -0.1) is 22.7 Å². The molecule has 1 aliphatic carbocycles. The molecule has 4 aromatic heterocycles. The molecule has 5 aromatic rings. The van der Waals surface area contributed by atoms with Gasteiger partial charge in [-0.1, -0.05) is 42.1 Å². The van der Waals surface area contributed by atoms with Gasteiger partial charge in [-0.05, 0) is 30.4 Å². The summed E-state index contributed by atoms with van der Waals surface area (Å²) < 4.78 is 1.00. The van der Waals surface area contributed by atoms with Crippen LogP contribution in [0, 0.1) is 0 Å². The molecule has 1 aromatic carbocycles. The first-order valence-electron chi connectivity index (χ1n) is 10.2. The molecule has 1 amide bonds. The van der Waals surface area contributed by atoms with Crippen LogP contribution in [0.3, 0.4) is 0 Å². The molecule has 0 saturated carbocycles. The van der Waals surface area contributed by atoms with Crippen molar-refractivity contribution in [3.63, 3.8) is 0 Å². The highest BCUT2D eigenvalue weighted by Crippen LogP contribution is 2.43. The Morgan fingerprint density at radius 1 is 1.09 bits per heavy atom. The average molecular weight is 476 g/mol. The van der Waals surface area contributed by atoms with Crippen LogP contribution in [-0.4, -0.2) is 31.6 Å². The second kappa shape index (κ2) is 8.23. The number of anilines is 1.